The molecule has 3 aromatic heterocycles. The van der Waals surface area contributed by atoms with Crippen LogP contribution in [-0.2, 0) is 23.0 Å². The summed E-state index contributed by atoms with van der Waals surface area (Å²) in [5, 5.41) is 17.1. The van der Waals surface area contributed by atoms with Crippen molar-refractivity contribution >= 4 is 50.4 Å². The fourth-order valence-electron chi connectivity index (χ4n) is 4.57. The SMILES string of the molecule is CC(C)C.CCN(CC)S(=O)(=O)c1sc(C)c(Nc2nsnc2NCc2cc(CCCCN3CCN(C)CC3)co2)c1O. The van der Waals surface area contributed by atoms with Crippen LogP contribution in [-0.4, -0.2) is 89.2 Å². The topological polar surface area (TPSA) is 127 Å². The average Bonchev–Trinajstić information content (AvgIpc) is 3.67. The van der Waals surface area contributed by atoms with E-state index in [2.05, 4.69) is 63.1 Å². The van der Waals surface area contributed by atoms with Crippen LogP contribution in [0.1, 0.15) is 63.7 Å². The molecule has 0 radical (unpaired) electrons. The lowest BCUT2D eigenvalue weighted by molar-refractivity contribution is 0.152. The number of nitrogens with zero attached hydrogens (tertiary/aromatic N) is 5. The highest BCUT2D eigenvalue weighted by molar-refractivity contribution is 7.91. The van der Waals surface area contributed by atoms with Gasteiger partial charge in [0.25, 0.3) is 10.0 Å². The molecule has 4 heterocycles. The maximum Gasteiger partial charge on any atom is 0.256 e. The third-order valence-corrected chi connectivity index (χ3v) is 11.1. The van der Waals surface area contributed by atoms with E-state index in [-0.39, 0.29) is 9.96 Å². The van der Waals surface area contributed by atoms with Gasteiger partial charge >= 0.3 is 0 Å². The van der Waals surface area contributed by atoms with E-state index in [1.54, 1.807) is 20.8 Å². The summed E-state index contributed by atoms with van der Waals surface area (Å²) in [5.41, 5.74) is 1.50. The van der Waals surface area contributed by atoms with E-state index >= 15 is 0 Å². The quantitative estimate of drug-likeness (QED) is 0.183. The number of likely N-dealkylation sites (N-methyl/N-ethyl adjacent to an activating group) is 1. The van der Waals surface area contributed by atoms with E-state index in [4.69, 9.17) is 4.42 Å². The largest absolute Gasteiger partial charge is 0.504 e. The van der Waals surface area contributed by atoms with Crippen LogP contribution in [0.25, 0.3) is 0 Å². The second kappa shape index (κ2) is 16.7. The Morgan fingerprint density at radius 1 is 1.09 bits per heavy atom. The van der Waals surface area contributed by atoms with Gasteiger partial charge in [-0.1, -0.05) is 34.6 Å². The molecule has 0 aromatic carbocycles. The number of unbranched alkanes of at least 4 members (excludes halogenated alkanes) is 1. The fourth-order valence-corrected chi connectivity index (χ4v) is 8.16. The van der Waals surface area contributed by atoms with Crippen LogP contribution < -0.4 is 10.6 Å². The monoisotopic (exact) mass is 655 g/mol. The highest BCUT2D eigenvalue weighted by Gasteiger charge is 2.31. The molecule has 14 heteroatoms. The first-order valence-electron chi connectivity index (χ1n) is 15.1. The lowest BCUT2D eigenvalue weighted by atomic mass is 10.1. The van der Waals surface area contributed by atoms with Crippen LogP contribution in [0.5, 0.6) is 5.75 Å². The summed E-state index contributed by atoms with van der Waals surface area (Å²) < 4.78 is 41.6. The van der Waals surface area contributed by atoms with E-state index in [9.17, 15) is 13.5 Å². The number of hydrogen-bond acceptors (Lipinski definition) is 12. The molecule has 4 rings (SSSR count). The lowest BCUT2D eigenvalue weighted by Gasteiger charge is -2.32. The number of furan rings is 1. The van der Waals surface area contributed by atoms with E-state index in [1.165, 1.54) is 16.3 Å². The average molecular weight is 656 g/mol. The van der Waals surface area contributed by atoms with Crippen molar-refractivity contribution in [2.45, 2.75) is 71.6 Å². The van der Waals surface area contributed by atoms with Gasteiger partial charge in [0.2, 0.25) is 0 Å². The molecular formula is C29H49N7O4S3. The highest BCUT2D eigenvalue weighted by Crippen LogP contribution is 2.44. The Hall–Kier alpha value is -2.23. The van der Waals surface area contributed by atoms with Crippen LogP contribution in [0.3, 0.4) is 0 Å². The number of sulfonamides is 1. The molecule has 3 N–H and O–H groups in total. The van der Waals surface area contributed by atoms with Crippen molar-refractivity contribution in [2.75, 3.05) is 63.5 Å². The number of aryl methyl sites for hydroxylation is 2. The van der Waals surface area contributed by atoms with Gasteiger partial charge in [0.1, 0.15) is 5.76 Å². The van der Waals surface area contributed by atoms with Gasteiger partial charge in [-0.2, -0.15) is 13.1 Å². The molecule has 0 atom stereocenters. The highest BCUT2D eigenvalue weighted by atomic mass is 32.2. The minimum atomic E-state index is -3.79. The summed E-state index contributed by atoms with van der Waals surface area (Å²) in [6.07, 6.45) is 5.10. The van der Waals surface area contributed by atoms with Crippen molar-refractivity contribution in [3.8, 4) is 5.75 Å². The summed E-state index contributed by atoms with van der Waals surface area (Å²) in [5.74, 6) is 2.25. The molecule has 43 heavy (non-hydrogen) atoms. The number of hydrogen-bond donors (Lipinski definition) is 3. The van der Waals surface area contributed by atoms with E-state index < -0.39 is 10.0 Å². The number of aromatic nitrogens is 2. The summed E-state index contributed by atoms with van der Waals surface area (Å²) in [6.45, 7) is 18.6. The first-order valence-corrected chi connectivity index (χ1v) is 18.1. The van der Waals surface area contributed by atoms with Crippen molar-refractivity contribution in [2.24, 2.45) is 5.92 Å². The third kappa shape index (κ3) is 10.1. The van der Waals surface area contributed by atoms with Crippen LogP contribution in [0.15, 0.2) is 21.0 Å². The second-order valence-corrected chi connectivity index (χ2v) is 15.3. The van der Waals surface area contributed by atoms with E-state index in [0.717, 1.165) is 80.3 Å². The molecular weight excluding hydrogens is 607 g/mol. The predicted octanol–water partition coefficient (Wildman–Crippen LogP) is 5.83. The molecule has 1 aliphatic rings. The fraction of sp³-hybridized carbons (Fsp3) is 0.655. The third-order valence-electron chi connectivity index (χ3n) is 6.96. The maximum absolute atomic E-state index is 13.0. The van der Waals surface area contributed by atoms with Gasteiger partial charge < -0.3 is 30.0 Å². The molecule has 0 aliphatic carbocycles. The van der Waals surface area contributed by atoms with Crippen molar-refractivity contribution in [1.82, 2.24) is 22.9 Å². The summed E-state index contributed by atoms with van der Waals surface area (Å²) in [7, 11) is -1.61. The van der Waals surface area contributed by atoms with Gasteiger partial charge in [0, 0.05) is 44.1 Å². The first-order chi connectivity index (χ1) is 20.5. The van der Waals surface area contributed by atoms with Crippen molar-refractivity contribution in [3.63, 3.8) is 0 Å². The Bertz CT molecular complexity index is 1360. The van der Waals surface area contributed by atoms with Gasteiger partial charge in [-0.05, 0) is 57.3 Å². The number of nitrogens with one attached hydrogen (secondary N) is 2. The van der Waals surface area contributed by atoms with Crippen LogP contribution in [0.2, 0.25) is 0 Å². The van der Waals surface area contributed by atoms with Gasteiger partial charge in [0.15, 0.2) is 21.6 Å². The lowest BCUT2D eigenvalue weighted by Crippen LogP contribution is -2.44. The van der Waals surface area contributed by atoms with Crippen molar-refractivity contribution in [1.29, 1.82) is 0 Å². The van der Waals surface area contributed by atoms with Gasteiger partial charge in [-0.15, -0.1) is 11.3 Å². The number of piperazine rings is 1. The Morgan fingerprint density at radius 3 is 2.40 bits per heavy atom. The zero-order valence-electron chi connectivity index (χ0n) is 26.6. The van der Waals surface area contributed by atoms with E-state index in [1.807, 2.05) is 6.26 Å². The first kappa shape index (κ1) is 35.3. The second-order valence-electron chi connectivity index (χ2n) is 11.5. The van der Waals surface area contributed by atoms with Crippen molar-refractivity contribution in [3.05, 3.63) is 28.5 Å². The Labute approximate surface area is 265 Å². The van der Waals surface area contributed by atoms with Crippen LogP contribution in [0, 0.1) is 12.8 Å². The zero-order chi connectivity index (χ0) is 31.6. The van der Waals surface area contributed by atoms with E-state index in [0.29, 0.717) is 41.8 Å². The molecule has 3 aromatic rings. The maximum atomic E-state index is 13.0. The molecule has 1 aliphatic heterocycles. The molecule has 0 unspecified atom stereocenters. The molecule has 242 valence electrons. The number of anilines is 3. The molecule has 0 spiro atoms. The van der Waals surface area contributed by atoms with Gasteiger partial charge in [0.05, 0.1) is 30.2 Å². The predicted molar refractivity (Wildman–Crippen MR) is 177 cm³/mol. The molecule has 0 amide bonds. The summed E-state index contributed by atoms with van der Waals surface area (Å²) in [4.78, 5) is 5.56. The summed E-state index contributed by atoms with van der Waals surface area (Å²) in [6, 6.07) is 2.06. The minimum Gasteiger partial charge on any atom is -0.504 e. The Morgan fingerprint density at radius 2 is 1.74 bits per heavy atom. The Balaban J connectivity index is 0.00000119. The van der Waals surface area contributed by atoms with Gasteiger partial charge in [-0.3, -0.25) is 0 Å². The summed E-state index contributed by atoms with van der Waals surface area (Å²) >= 11 is 2.06. The standard InChI is InChI=1S/C25H39N7O4S3.C4H10/c1-5-32(6-2)39(34,35)25-22(33)21(18(3)37-25)27-24-23(28-38-29-24)26-16-20-15-19(17-36-20)9-7-8-10-31-13-11-30(4)12-14-31;1-4(2)3/h15,17,33H,5-14,16H2,1-4H3,(H,26,28)(H,27,29);4H,1-3H3. The normalized spacial score (nSPS) is 14.7. The number of rotatable bonds is 14. The smallest absolute Gasteiger partial charge is 0.256 e. The molecule has 11 nitrogen and oxygen atoms in total. The Kier molecular flexibility index (Phi) is 13.7. The number of thiophene rings is 1. The number of aromatic hydroxyl groups is 1. The molecule has 0 saturated carbocycles. The molecule has 1 saturated heterocycles. The molecule has 1 fully saturated rings. The molecule has 0 bridgehead atoms. The van der Waals surface area contributed by atoms with Crippen molar-refractivity contribution < 1.29 is 17.9 Å². The minimum absolute atomic E-state index is 0.0736. The van der Waals surface area contributed by atoms with Gasteiger partial charge in [-0.25, -0.2) is 8.42 Å². The van der Waals surface area contributed by atoms with Crippen LogP contribution in [0.4, 0.5) is 17.3 Å². The van der Waals surface area contributed by atoms with Crippen LogP contribution >= 0.6 is 23.1 Å². The zero-order valence-corrected chi connectivity index (χ0v) is 29.1.